The van der Waals surface area contributed by atoms with Gasteiger partial charge in [0.05, 0.1) is 6.20 Å². The van der Waals surface area contributed by atoms with E-state index in [1.807, 2.05) is 16.9 Å². The second kappa shape index (κ2) is 6.72. The molecule has 1 rings (SSSR count). The van der Waals surface area contributed by atoms with Crippen molar-refractivity contribution in [3.05, 3.63) is 12.3 Å². The predicted octanol–water partition coefficient (Wildman–Crippen LogP) is 3.34. The molecule has 15 heavy (non-hydrogen) atoms. The Labute approximate surface area is 98.7 Å². The van der Waals surface area contributed by atoms with Gasteiger partial charge < -0.3 is 5.32 Å². The van der Waals surface area contributed by atoms with Crippen molar-refractivity contribution in [1.29, 1.82) is 0 Å². The van der Waals surface area contributed by atoms with E-state index in [9.17, 15) is 0 Å². The number of anilines is 1. The van der Waals surface area contributed by atoms with Crippen molar-refractivity contribution >= 4 is 18.2 Å². The quantitative estimate of drug-likeness (QED) is 0.843. The van der Waals surface area contributed by atoms with Crippen LogP contribution in [0.3, 0.4) is 0 Å². The standard InChI is InChI=1S/C11H21N3.ClH/c1-9(2)5-7-12-11-6-8-13-14(11)10(3)4;/h6,8-10,12H,5,7H2,1-4H3;1H. The highest BCUT2D eigenvalue weighted by molar-refractivity contribution is 5.85. The maximum atomic E-state index is 4.27. The molecule has 0 saturated heterocycles. The third kappa shape index (κ3) is 4.56. The first-order valence-electron chi connectivity index (χ1n) is 5.38. The van der Waals surface area contributed by atoms with Gasteiger partial charge in [-0.2, -0.15) is 5.10 Å². The monoisotopic (exact) mass is 231 g/mol. The summed E-state index contributed by atoms with van der Waals surface area (Å²) in [5.41, 5.74) is 0. The molecule has 1 aromatic rings. The molecule has 3 nitrogen and oxygen atoms in total. The molecule has 1 heterocycles. The van der Waals surface area contributed by atoms with Crippen molar-refractivity contribution < 1.29 is 0 Å². The zero-order chi connectivity index (χ0) is 10.6. The van der Waals surface area contributed by atoms with Gasteiger partial charge >= 0.3 is 0 Å². The summed E-state index contributed by atoms with van der Waals surface area (Å²) in [7, 11) is 0. The highest BCUT2D eigenvalue weighted by Crippen LogP contribution is 2.13. The first-order chi connectivity index (χ1) is 6.61. The molecule has 0 aliphatic carbocycles. The summed E-state index contributed by atoms with van der Waals surface area (Å²) in [4.78, 5) is 0. The molecule has 0 aliphatic rings. The van der Waals surface area contributed by atoms with E-state index in [0.717, 1.165) is 18.3 Å². The molecule has 0 atom stereocenters. The second-order valence-corrected chi connectivity index (χ2v) is 4.36. The Bertz CT molecular complexity index is 269. The van der Waals surface area contributed by atoms with Gasteiger partial charge in [0.25, 0.3) is 0 Å². The lowest BCUT2D eigenvalue weighted by atomic mass is 10.1. The van der Waals surface area contributed by atoms with Crippen LogP contribution in [-0.4, -0.2) is 16.3 Å². The Balaban J connectivity index is 0.00000196. The van der Waals surface area contributed by atoms with Crippen LogP contribution in [0.1, 0.15) is 40.2 Å². The van der Waals surface area contributed by atoms with Crippen molar-refractivity contribution in [3.63, 3.8) is 0 Å². The first kappa shape index (κ1) is 14.3. The van der Waals surface area contributed by atoms with Crippen LogP contribution < -0.4 is 5.32 Å². The van der Waals surface area contributed by atoms with Crippen molar-refractivity contribution in [2.45, 2.75) is 40.2 Å². The average molecular weight is 232 g/mol. The van der Waals surface area contributed by atoms with Crippen molar-refractivity contribution in [1.82, 2.24) is 9.78 Å². The summed E-state index contributed by atoms with van der Waals surface area (Å²) in [6, 6.07) is 2.45. The number of nitrogens with one attached hydrogen (secondary N) is 1. The van der Waals surface area contributed by atoms with E-state index < -0.39 is 0 Å². The Morgan fingerprint density at radius 1 is 1.33 bits per heavy atom. The normalized spacial score (nSPS) is 10.5. The first-order valence-corrected chi connectivity index (χ1v) is 5.38. The summed E-state index contributed by atoms with van der Waals surface area (Å²) < 4.78 is 2.01. The average Bonchev–Trinajstić information content (AvgIpc) is 2.51. The van der Waals surface area contributed by atoms with Gasteiger partial charge in [0, 0.05) is 18.7 Å². The van der Waals surface area contributed by atoms with Crippen LogP contribution in [0, 0.1) is 5.92 Å². The smallest absolute Gasteiger partial charge is 0.124 e. The van der Waals surface area contributed by atoms with Crippen molar-refractivity contribution in [2.75, 3.05) is 11.9 Å². The molecule has 4 heteroatoms. The molecular weight excluding hydrogens is 210 g/mol. The van der Waals surface area contributed by atoms with Crippen LogP contribution in [0.5, 0.6) is 0 Å². The van der Waals surface area contributed by atoms with E-state index in [0.29, 0.717) is 6.04 Å². The van der Waals surface area contributed by atoms with Crippen molar-refractivity contribution in [3.8, 4) is 0 Å². The zero-order valence-electron chi connectivity index (χ0n) is 10.0. The van der Waals surface area contributed by atoms with E-state index in [1.165, 1.54) is 6.42 Å². The van der Waals surface area contributed by atoms with Gasteiger partial charge in [0.15, 0.2) is 0 Å². The second-order valence-electron chi connectivity index (χ2n) is 4.36. The molecule has 0 fully saturated rings. The third-order valence-corrected chi connectivity index (χ3v) is 2.19. The molecule has 0 amide bonds. The number of nitrogens with zero attached hydrogens (tertiary/aromatic N) is 2. The fraction of sp³-hybridized carbons (Fsp3) is 0.727. The van der Waals surface area contributed by atoms with E-state index in [4.69, 9.17) is 0 Å². The lowest BCUT2D eigenvalue weighted by molar-refractivity contribution is 0.534. The third-order valence-electron chi connectivity index (χ3n) is 2.19. The summed E-state index contributed by atoms with van der Waals surface area (Å²) in [5, 5.41) is 7.67. The Kier molecular flexibility index (Phi) is 6.41. The molecule has 1 N–H and O–H groups in total. The number of hydrogen-bond acceptors (Lipinski definition) is 2. The fourth-order valence-electron chi connectivity index (χ4n) is 1.35. The van der Waals surface area contributed by atoms with Gasteiger partial charge in [-0.3, -0.25) is 0 Å². The van der Waals surface area contributed by atoms with Gasteiger partial charge in [-0.05, 0) is 26.2 Å². The Hall–Kier alpha value is -0.700. The van der Waals surface area contributed by atoms with Crippen LogP contribution in [-0.2, 0) is 0 Å². The van der Waals surface area contributed by atoms with E-state index in [1.54, 1.807) is 0 Å². The molecule has 0 radical (unpaired) electrons. The summed E-state index contributed by atoms with van der Waals surface area (Å²) in [5.74, 6) is 1.87. The highest BCUT2D eigenvalue weighted by atomic mass is 35.5. The number of halogens is 1. The maximum Gasteiger partial charge on any atom is 0.124 e. The van der Waals surface area contributed by atoms with Gasteiger partial charge in [-0.15, -0.1) is 12.4 Å². The molecule has 0 aliphatic heterocycles. The summed E-state index contributed by atoms with van der Waals surface area (Å²) in [6.07, 6.45) is 3.04. The van der Waals surface area contributed by atoms with E-state index in [2.05, 4.69) is 38.1 Å². The lowest BCUT2D eigenvalue weighted by Crippen LogP contribution is -2.11. The number of hydrogen-bond donors (Lipinski definition) is 1. The van der Waals surface area contributed by atoms with Crippen LogP contribution >= 0.6 is 12.4 Å². The molecule has 0 aromatic carbocycles. The van der Waals surface area contributed by atoms with Gasteiger partial charge in [0.2, 0.25) is 0 Å². The minimum atomic E-state index is 0. The van der Waals surface area contributed by atoms with E-state index >= 15 is 0 Å². The van der Waals surface area contributed by atoms with Crippen LogP contribution in [0.2, 0.25) is 0 Å². The Morgan fingerprint density at radius 2 is 2.00 bits per heavy atom. The molecule has 0 bridgehead atoms. The van der Waals surface area contributed by atoms with Crippen molar-refractivity contribution in [2.24, 2.45) is 5.92 Å². The largest absolute Gasteiger partial charge is 0.370 e. The molecule has 0 unspecified atom stereocenters. The molecule has 0 spiro atoms. The lowest BCUT2D eigenvalue weighted by Gasteiger charge is -2.13. The fourth-order valence-corrected chi connectivity index (χ4v) is 1.35. The number of rotatable bonds is 5. The molecule has 1 aromatic heterocycles. The SMILES string of the molecule is CC(C)CCNc1ccnn1C(C)C.Cl. The minimum Gasteiger partial charge on any atom is -0.370 e. The number of aromatic nitrogens is 2. The van der Waals surface area contributed by atoms with Crippen LogP contribution in [0.25, 0.3) is 0 Å². The molecular formula is C11H22ClN3. The van der Waals surface area contributed by atoms with Gasteiger partial charge in [-0.1, -0.05) is 13.8 Å². The zero-order valence-corrected chi connectivity index (χ0v) is 10.8. The maximum absolute atomic E-state index is 4.27. The van der Waals surface area contributed by atoms with Gasteiger partial charge in [0.1, 0.15) is 5.82 Å². The molecule has 0 saturated carbocycles. The van der Waals surface area contributed by atoms with Crippen LogP contribution in [0.4, 0.5) is 5.82 Å². The Morgan fingerprint density at radius 3 is 2.53 bits per heavy atom. The van der Waals surface area contributed by atoms with Crippen LogP contribution in [0.15, 0.2) is 12.3 Å². The summed E-state index contributed by atoms with van der Waals surface area (Å²) in [6.45, 7) is 9.78. The summed E-state index contributed by atoms with van der Waals surface area (Å²) >= 11 is 0. The molecule has 88 valence electrons. The highest BCUT2D eigenvalue weighted by Gasteiger charge is 2.04. The van der Waals surface area contributed by atoms with E-state index in [-0.39, 0.29) is 12.4 Å². The minimum absolute atomic E-state index is 0. The predicted molar refractivity (Wildman–Crippen MR) is 67.8 cm³/mol. The van der Waals surface area contributed by atoms with Gasteiger partial charge in [-0.25, -0.2) is 4.68 Å². The topological polar surface area (TPSA) is 29.9 Å².